The normalized spacial score (nSPS) is 16.9. The van der Waals surface area contributed by atoms with Gasteiger partial charge in [-0.15, -0.1) is 12.3 Å². The van der Waals surface area contributed by atoms with Gasteiger partial charge < -0.3 is 10.1 Å². The van der Waals surface area contributed by atoms with Crippen LogP contribution < -0.4 is 5.32 Å². The summed E-state index contributed by atoms with van der Waals surface area (Å²) in [7, 11) is 0. The Morgan fingerprint density at radius 1 is 1.44 bits per heavy atom. The topological polar surface area (TPSA) is 55.4 Å². The molecule has 0 saturated heterocycles. The first-order valence-electron chi connectivity index (χ1n) is 6.53. The summed E-state index contributed by atoms with van der Waals surface area (Å²) in [5, 5.41) is 2.86. The van der Waals surface area contributed by atoms with Crippen LogP contribution in [0.15, 0.2) is 0 Å². The Balaban J connectivity index is 2.19. The van der Waals surface area contributed by atoms with Crippen LogP contribution in [-0.4, -0.2) is 24.5 Å². The number of nitrogens with one attached hydrogen (secondary N) is 1. The fourth-order valence-electron chi connectivity index (χ4n) is 2.13. The van der Waals surface area contributed by atoms with E-state index in [1.807, 2.05) is 6.92 Å². The SMILES string of the molecule is C#CCCOC(=O)CC(C)NC(=O)C1CCCC1. The van der Waals surface area contributed by atoms with Gasteiger partial charge in [-0.05, 0) is 19.8 Å². The Hall–Kier alpha value is -1.50. The lowest BCUT2D eigenvalue weighted by molar-refractivity contribution is -0.144. The summed E-state index contributed by atoms with van der Waals surface area (Å²) in [5.74, 6) is 2.28. The molecule has 1 aliphatic carbocycles. The molecule has 100 valence electrons. The summed E-state index contributed by atoms with van der Waals surface area (Å²) in [6, 6.07) is -0.184. The number of ether oxygens (including phenoxy) is 1. The maximum Gasteiger partial charge on any atom is 0.307 e. The summed E-state index contributed by atoms with van der Waals surface area (Å²) in [6.07, 6.45) is 9.85. The van der Waals surface area contributed by atoms with Crippen molar-refractivity contribution >= 4 is 11.9 Å². The second kappa shape index (κ2) is 7.75. The number of hydrogen-bond acceptors (Lipinski definition) is 3. The molecule has 0 aromatic carbocycles. The second-order valence-corrected chi connectivity index (χ2v) is 4.77. The Bertz CT molecular complexity index is 326. The third-order valence-electron chi connectivity index (χ3n) is 3.10. The number of terminal acetylenes is 1. The van der Waals surface area contributed by atoms with Crippen LogP contribution in [0.25, 0.3) is 0 Å². The van der Waals surface area contributed by atoms with Gasteiger partial charge in [-0.3, -0.25) is 9.59 Å². The minimum absolute atomic E-state index is 0.0661. The molecule has 1 aliphatic rings. The van der Waals surface area contributed by atoms with Crippen LogP contribution in [0.2, 0.25) is 0 Å². The smallest absolute Gasteiger partial charge is 0.307 e. The summed E-state index contributed by atoms with van der Waals surface area (Å²) < 4.78 is 4.93. The minimum atomic E-state index is -0.315. The Kier molecular flexibility index (Phi) is 6.27. The average molecular weight is 251 g/mol. The molecular formula is C14H21NO3. The van der Waals surface area contributed by atoms with E-state index in [9.17, 15) is 9.59 Å². The lowest BCUT2D eigenvalue weighted by Gasteiger charge is -2.16. The third kappa shape index (κ3) is 5.22. The van der Waals surface area contributed by atoms with Crippen molar-refractivity contribution < 1.29 is 14.3 Å². The molecule has 4 heteroatoms. The maximum atomic E-state index is 11.8. The van der Waals surface area contributed by atoms with E-state index in [1.54, 1.807) is 0 Å². The molecule has 1 atom stereocenters. The van der Waals surface area contributed by atoms with E-state index in [0.29, 0.717) is 6.42 Å². The Labute approximate surface area is 108 Å². The zero-order valence-corrected chi connectivity index (χ0v) is 10.9. The van der Waals surface area contributed by atoms with Crippen molar-refractivity contribution in [1.29, 1.82) is 0 Å². The fourth-order valence-corrected chi connectivity index (χ4v) is 2.13. The summed E-state index contributed by atoms with van der Waals surface area (Å²) >= 11 is 0. The van der Waals surface area contributed by atoms with E-state index in [1.165, 1.54) is 0 Å². The molecule has 0 aromatic heterocycles. The van der Waals surface area contributed by atoms with E-state index in [4.69, 9.17) is 11.2 Å². The van der Waals surface area contributed by atoms with Crippen molar-refractivity contribution in [1.82, 2.24) is 5.32 Å². The van der Waals surface area contributed by atoms with Crippen LogP contribution in [0.5, 0.6) is 0 Å². The Morgan fingerprint density at radius 3 is 2.72 bits per heavy atom. The van der Waals surface area contributed by atoms with Gasteiger partial charge in [0, 0.05) is 18.4 Å². The summed E-state index contributed by atoms with van der Waals surface area (Å²) in [5.41, 5.74) is 0. The number of amides is 1. The zero-order valence-electron chi connectivity index (χ0n) is 10.9. The molecule has 4 nitrogen and oxygen atoms in total. The van der Waals surface area contributed by atoms with E-state index in [-0.39, 0.29) is 36.9 Å². The molecule has 0 bridgehead atoms. The molecule has 1 saturated carbocycles. The molecule has 1 rings (SSSR count). The summed E-state index contributed by atoms with van der Waals surface area (Å²) in [4.78, 5) is 23.2. The van der Waals surface area contributed by atoms with Gasteiger partial charge >= 0.3 is 5.97 Å². The quantitative estimate of drug-likeness (QED) is 0.443. The van der Waals surface area contributed by atoms with Crippen LogP contribution in [0, 0.1) is 18.3 Å². The summed E-state index contributed by atoms with van der Waals surface area (Å²) in [6.45, 7) is 2.06. The predicted molar refractivity (Wildman–Crippen MR) is 68.6 cm³/mol. The lowest BCUT2D eigenvalue weighted by Crippen LogP contribution is -2.38. The standard InChI is InChI=1S/C14H21NO3/c1-3-4-9-18-13(16)10-11(2)15-14(17)12-7-5-6-8-12/h1,11-12H,4-10H2,2H3,(H,15,17). The van der Waals surface area contributed by atoms with Gasteiger partial charge in [0.05, 0.1) is 6.42 Å². The third-order valence-corrected chi connectivity index (χ3v) is 3.10. The number of hydrogen-bond donors (Lipinski definition) is 1. The van der Waals surface area contributed by atoms with Gasteiger partial charge in [-0.1, -0.05) is 12.8 Å². The van der Waals surface area contributed by atoms with Gasteiger partial charge in [0.1, 0.15) is 6.61 Å². The van der Waals surface area contributed by atoms with Gasteiger partial charge in [0.2, 0.25) is 5.91 Å². The molecule has 0 aromatic rings. The number of esters is 1. The molecular weight excluding hydrogens is 230 g/mol. The van der Waals surface area contributed by atoms with Gasteiger partial charge in [-0.2, -0.15) is 0 Å². The Morgan fingerprint density at radius 2 is 2.11 bits per heavy atom. The second-order valence-electron chi connectivity index (χ2n) is 4.77. The van der Waals surface area contributed by atoms with Crippen molar-refractivity contribution in [2.75, 3.05) is 6.61 Å². The van der Waals surface area contributed by atoms with E-state index in [0.717, 1.165) is 25.7 Å². The first-order valence-corrected chi connectivity index (χ1v) is 6.53. The highest BCUT2D eigenvalue weighted by molar-refractivity contribution is 5.80. The van der Waals surface area contributed by atoms with Crippen LogP contribution in [0.4, 0.5) is 0 Å². The van der Waals surface area contributed by atoms with Crippen LogP contribution in [-0.2, 0) is 14.3 Å². The largest absolute Gasteiger partial charge is 0.465 e. The zero-order chi connectivity index (χ0) is 13.4. The van der Waals surface area contributed by atoms with Crippen LogP contribution in [0.1, 0.15) is 45.4 Å². The molecule has 0 spiro atoms. The average Bonchev–Trinajstić information content (AvgIpc) is 2.82. The van der Waals surface area contributed by atoms with Gasteiger partial charge in [-0.25, -0.2) is 0 Å². The first kappa shape index (κ1) is 14.6. The molecule has 1 unspecified atom stereocenters. The van der Waals surface area contributed by atoms with E-state index < -0.39 is 0 Å². The first-order chi connectivity index (χ1) is 8.63. The van der Waals surface area contributed by atoms with Crippen LogP contribution >= 0.6 is 0 Å². The number of rotatable bonds is 6. The highest BCUT2D eigenvalue weighted by atomic mass is 16.5. The predicted octanol–water partition coefficient (Wildman–Crippen LogP) is 1.64. The molecule has 0 aliphatic heterocycles. The van der Waals surface area contributed by atoms with Crippen molar-refractivity contribution in [3.8, 4) is 12.3 Å². The molecule has 0 radical (unpaired) electrons. The van der Waals surface area contributed by atoms with Crippen molar-refractivity contribution in [2.24, 2.45) is 5.92 Å². The minimum Gasteiger partial charge on any atom is -0.465 e. The molecule has 18 heavy (non-hydrogen) atoms. The fraction of sp³-hybridized carbons (Fsp3) is 0.714. The molecule has 0 heterocycles. The van der Waals surface area contributed by atoms with Gasteiger partial charge in [0.25, 0.3) is 0 Å². The highest BCUT2D eigenvalue weighted by Gasteiger charge is 2.24. The maximum absolute atomic E-state index is 11.8. The van der Waals surface area contributed by atoms with E-state index >= 15 is 0 Å². The molecule has 1 amide bonds. The van der Waals surface area contributed by atoms with Crippen molar-refractivity contribution in [2.45, 2.75) is 51.5 Å². The molecule has 1 N–H and O–H groups in total. The van der Waals surface area contributed by atoms with Crippen molar-refractivity contribution in [3.63, 3.8) is 0 Å². The molecule has 1 fully saturated rings. The van der Waals surface area contributed by atoms with Crippen LogP contribution in [0.3, 0.4) is 0 Å². The highest BCUT2D eigenvalue weighted by Crippen LogP contribution is 2.24. The number of carbonyl (C=O) groups excluding carboxylic acids is 2. The van der Waals surface area contributed by atoms with Crippen molar-refractivity contribution in [3.05, 3.63) is 0 Å². The lowest BCUT2D eigenvalue weighted by atomic mass is 10.1. The number of carbonyl (C=O) groups is 2. The van der Waals surface area contributed by atoms with E-state index in [2.05, 4.69) is 11.2 Å². The van der Waals surface area contributed by atoms with Gasteiger partial charge in [0.15, 0.2) is 0 Å². The monoisotopic (exact) mass is 251 g/mol.